The third-order valence-corrected chi connectivity index (χ3v) is 2.40. The molecule has 0 aromatic heterocycles. The van der Waals surface area contributed by atoms with Crippen molar-refractivity contribution in [2.75, 3.05) is 6.54 Å². The Morgan fingerprint density at radius 3 is 2.69 bits per heavy atom. The molecule has 0 aliphatic heterocycles. The van der Waals surface area contributed by atoms with Crippen molar-refractivity contribution < 1.29 is 9.90 Å². The second kappa shape index (κ2) is 7.01. The average Bonchev–Trinajstić information content (AvgIpc) is 2.34. The van der Waals surface area contributed by atoms with Gasteiger partial charge in [0.25, 0.3) is 0 Å². The van der Waals surface area contributed by atoms with E-state index in [0.717, 1.165) is 12.0 Å². The molecule has 1 amide bonds. The summed E-state index contributed by atoms with van der Waals surface area (Å²) in [6, 6.07) is 9.42. The van der Waals surface area contributed by atoms with E-state index >= 15 is 0 Å². The number of rotatable bonds is 6. The SMILES string of the molecule is CCCNC(=O)CCC(O)c1ccccc1. The van der Waals surface area contributed by atoms with Gasteiger partial charge < -0.3 is 10.4 Å². The van der Waals surface area contributed by atoms with Crippen LogP contribution in [0.3, 0.4) is 0 Å². The molecule has 0 radical (unpaired) electrons. The maximum atomic E-state index is 11.3. The van der Waals surface area contributed by atoms with Crippen molar-refractivity contribution in [3.8, 4) is 0 Å². The fourth-order valence-corrected chi connectivity index (χ4v) is 1.46. The van der Waals surface area contributed by atoms with Gasteiger partial charge >= 0.3 is 0 Å². The van der Waals surface area contributed by atoms with Crippen LogP contribution in [0.1, 0.15) is 37.9 Å². The van der Waals surface area contributed by atoms with Gasteiger partial charge in [-0.1, -0.05) is 37.3 Å². The molecule has 2 N–H and O–H groups in total. The minimum absolute atomic E-state index is 0.0110. The lowest BCUT2D eigenvalue weighted by atomic mass is 10.1. The number of carbonyl (C=O) groups excluding carboxylic acids is 1. The smallest absolute Gasteiger partial charge is 0.220 e. The molecular weight excluding hydrogens is 202 g/mol. The molecule has 1 aromatic rings. The Hall–Kier alpha value is -1.35. The van der Waals surface area contributed by atoms with Crippen LogP contribution in [0.4, 0.5) is 0 Å². The average molecular weight is 221 g/mol. The minimum atomic E-state index is -0.548. The summed E-state index contributed by atoms with van der Waals surface area (Å²) in [5.74, 6) is 0.0110. The summed E-state index contributed by atoms with van der Waals surface area (Å²) >= 11 is 0. The number of hydrogen-bond acceptors (Lipinski definition) is 2. The standard InChI is InChI=1S/C13H19NO2/c1-2-10-14-13(16)9-8-12(15)11-6-4-3-5-7-11/h3-7,12,15H,2,8-10H2,1H3,(H,14,16). The summed E-state index contributed by atoms with van der Waals surface area (Å²) in [4.78, 5) is 11.3. The van der Waals surface area contributed by atoms with E-state index in [4.69, 9.17) is 0 Å². The summed E-state index contributed by atoms with van der Waals surface area (Å²) in [5, 5.41) is 12.6. The van der Waals surface area contributed by atoms with E-state index in [1.54, 1.807) is 0 Å². The lowest BCUT2D eigenvalue weighted by Crippen LogP contribution is -2.24. The highest BCUT2D eigenvalue weighted by atomic mass is 16.3. The van der Waals surface area contributed by atoms with Gasteiger partial charge in [0.2, 0.25) is 5.91 Å². The second-order valence-corrected chi connectivity index (χ2v) is 3.82. The zero-order valence-electron chi connectivity index (χ0n) is 9.65. The number of benzene rings is 1. The van der Waals surface area contributed by atoms with E-state index in [0.29, 0.717) is 19.4 Å². The normalized spacial score (nSPS) is 12.1. The molecule has 3 nitrogen and oxygen atoms in total. The first-order valence-corrected chi connectivity index (χ1v) is 5.73. The molecule has 0 saturated heterocycles. The summed E-state index contributed by atoms with van der Waals surface area (Å²) in [5.41, 5.74) is 0.866. The van der Waals surface area contributed by atoms with Crippen LogP contribution >= 0.6 is 0 Å². The molecule has 0 heterocycles. The van der Waals surface area contributed by atoms with Gasteiger partial charge in [-0.05, 0) is 18.4 Å². The van der Waals surface area contributed by atoms with Crippen LogP contribution in [0, 0.1) is 0 Å². The highest BCUT2D eigenvalue weighted by Gasteiger charge is 2.09. The summed E-state index contributed by atoms with van der Waals surface area (Å²) in [7, 11) is 0. The van der Waals surface area contributed by atoms with E-state index in [-0.39, 0.29) is 5.91 Å². The number of aliphatic hydroxyl groups excluding tert-OH is 1. The number of nitrogens with one attached hydrogen (secondary N) is 1. The van der Waals surface area contributed by atoms with Gasteiger partial charge in [-0.3, -0.25) is 4.79 Å². The first-order valence-electron chi connectivity index (χ1n) is 5.73. The molecule has 0 aliphatic rings. The number of hydrogen-bond donors (Lipinski definition) is 2. The number of carbonyl (C=O) groups is 1. The third-order valence-electron chi connectivity index (χ3n) is 2.40. The third kappa shape index (κ3) is 4.45. The van der Waals surface area contributed by atoms with Gasteiger partial charge in [-0.2, -0.15) is 0 Å². The summed E-state index contributed by atoms with van der Waals surface area (Å²) in [6.07, 6.45) is 1.23. The van der Waals surface area contributed by atoms with Crippen LogP contribution in [-0.2, 0) is 4.79 Å². The predicted octanol–water partition coefficient (Wildman–Crippen LogP) is 2.03. The van der Waals surface area contributed by atoms with Gasteiger partial charge in [0.15, 0.2) is 0 Å². The van der Waals surface area contributed by atoms with E-state index in [1.165, 1.54) is 0 Å². The molecule has 88 valence electrons. The predicted molar refractivity (Wildman–Crippen MR) is 63.9 cm³/mol. The molecule has 1 rings (SSSR count). The molecule has 1 unspecified atom stereocenters. The van der Waals surface area contributed by atoms with Gasteiger partial charge in [0, 0.05) is 13.0 Å². The molecule has 1 aromatic carbocycles. The van der Waals surface area contributed by atoms with Crippen LogP contribution < -0.4 is 5.32 Å². The van der Waals surface area contributed by atoms with E-state index in [1.807, 2.05) is 37.3 Å². The minimum Gasteiger partial charge on any atom is -0.388 e. The highest BCUT2D eigenvalue weighted by molar-refractivity contribution is 5.75. The van der Waals surface area contributed by atoms with Crippen LogP contribution in [0.15, 0.2) is 30.3 Å². The van der Waals surface area contributed by atoms with E-state index in [9.17, 15) is 9.90 Å². The molecule has 16 heavy (non-hydrogen) atoms. The Morgan fingerprint density at radius 1 is 1.38 bits per heavy atom. The van der Waals surface area contributed by atoms with Crippen LogP contribution in [-0.4, -0.2) is 17.6 Å². The van der Waals surface area contributed by atoms with Gasteiger partial charge in [0.05, 0.1) is 6.10 Å². The number of amides is 1. The van der Waals surface area contributed by atoms with Crippen molar-refractivity contribution >= 4 is 5.91 Å². The summed E-state index contributed by atoms with van der Waals surface area (Å²) in [6.45, 7) is 2.72. The maximum absolute atomic E-state index is 11.3. The van der Waals surface area contributed by atoms with Crippen molar-refractivity contribution in [2.45, 2.75) is 32.3 Å². The van der Waals surface area contributed by atoms with Crippen molar-refractivity contribution in [3.63, 3.8) is 0 Å². The highest BCUT2D eigenvalue weighted by Crippen LogP contribution is 2.17. The van der Waals surface area contributed by atoms with Crippen molar-refractivity contribution in [1.29, 1.82) is 0 Å². The molecule has 0 bridgehead atoms. The Balaban J connectivity index is 2.30. The maximum Gasteiger partial charge on any atom is 0.220 e. The van der Waals surface area contributed by atoms with E-state index in [2.05, 4.69) is 5.32 Å². The first kappa shape index (κ1) is 12.7. The molecule has 0 aliphatic carbocycles. The lowest BCUT2D eigenvalue weighted by Gasteiger charge is -2.10. The Kier molecular flexibility index (Phi) is 5.57. The van der Waals surface area contributed by atoms with Gasteiger partial charge in [-0.25, -0.2) is 0 Å². The molecule has 0 saturated carbocycles. The first-order chi connectivity index (χ1) is 7.74. The van der Waals surface area contributed by atoms with E-state index < -0.39 is 6.10 Å². The quantitative estimate of drug-likeness (QED) is 0.772. The molecule has 3 heteroatoms. The second-order valence-electron chi connectivity index (χ2n) is 3.82. The van der Waals surface area contributed by atoms with Crippen molar-refractivity contribution in [1.82, 2.24) is 5.32 Å². The van der Waals surface area contributed by atoms with Crippen LogP contribution in [0.25, 0.3) is 0 Å². The lowest BCUT2D eigenvalue weighted by molar-refractivity contribution is -0.121. The fourth-order valence-electron chi connectivity index (χ4n) is 1.46. The summed E-state index contributed by atoms with van der Waals surface area (Å²) < 4.78 is 0. The number of aliphatic hydroxyl groups is 1. The Morgan fingerprint density at radius 2 is 2.06 bits per heavy atom. The van der Waals surface area contributed by atoms with Crippen molar-refractivity contribution in [2.24, 2.45) is 0 Å². The zero-order chi connectivity index (χ0) is 11.8. The largest absolute Gasteiger partial charge is 0.388 e. The Labute approximate surface area is 96.5 Å². The zero-order valence-corrected chi connectivity index (χ0v) is 9.65. The molecule has 0 fully saturated rings. The van der Waals surface area contributed by atoms with Gasteiger partial charge in [-0.15, -0.1) is 0 Å². The molecule has 0 spiro atoms. The topological polar surface area (TPSA) is 49.3 Å². The van der Waals surface area contributed by atoms with Gasteiger partial charge in [0.1, 0.15) is 0 Å². The van der Waals surface area contributed by atoms with Crippen LogP contribution in [0.2, 0.25) is 0 Å². The molecular formula is C13H19NO2. The molecule has 1 atom stereocenters. The van der Waals surface area contributed by atoms with Crippen LogP contribution in [0.5, 0.6) is 0 Å². The fraction of sp³-hybridized carbons (Fsp3) is 0.462. The van der Waals surface area contributed by atoms with Crippen molar-refractivity contribution in [3.05, 3.63) is 35.9 Å². The monoisotopic (exact) mass is 221 g/mol. The Bertz CT molecular complexity index is 311.